The van der Waals surface area contributed by atoms with E-state index in [-0.39, 0.29) is 22.6 Å². The van der Waals surface area contributed by atoms with E-state index in [1.165, 1.54) is 19.9 Å². The van der Waals surface area contributed by atoms with Crippen LogP contribution in [0.1, 0.15) is 21.7 Å². The Bertz CT molecular complexity index is 724. The zero-order chi connectivity index (χ0) is 15.0. The molecule has 1 aromatic carbocycles. The molecule has 1 aromatic heterocycles. The van der Waals surface area contributed by atoms with Crippen molar-refractivity contribution in [2.75, 3.05) is 0 Å². The van der Waals surface area contributed by atoms with Gasteiger partial charge in [0.2, 0.25) is 0 Å². The smallest absolute Gasteiger partial charge is 0.339 e. The summed E-state index contributed by atoms with van der Waals surface area (Å²) in [5, 5.41) is 24.0. The van der Waals surface area contributed by atoms with Crippen LogP contribution in [0.4, 0.5) is 10.1 Å². The molecular formula is C12H10FN3O4. The number of hydrogen-bond acceptors (Lipinski definition) is 4. The quantitative estimate of drug-likeness (QED) is 0.686. The molecule has 2 aromatic rings. The van der Waals surface area contributed by atoms with Gasteiger partial charge in [-0.15, -0.1) is 0 Å². The van der Waals surface area contributed by atoms with Gasteiger partial charge in [-0.1, -0.05) is 0 Å². The number of rotatable bonds is 3. The first-order chi connectivity index (χ1) is 9.32. The van der Waals surface area contributed by atoms with E-state index in [4.69, 9.17) is 5.11 Å². The molecule has 7 nitrogen and oxygen atoms in total. The molecule has 0 radical (unpaired) electrons. The monoisotopic (exact) mass is 279 g/mol. The predicted molar refractivity (Wildman–Crippen MR) is 66.6 cm³/mol. The SMILES string of the molecule is Cc1nn(-c2ccc(F)cc2[N+](=O)[O-])c(C)c1C(=O)O. The van der Waals surface area contributed by atoms with Crippen LogP contribution in [0, 0.1) is 29.8 Å². The zero-order valence-electron chi connectivity index (χ0n) is 10.6. The van der Waals surface area contributed by atoms with Crippen molar-refractivity contribution in [2.24, 2.45) is 0 Å². The molecular weight excluding hydrogens is 269 g/mol. The van der Waals surface area contributed by atoms with Crippen LogP contribution >= 0.6 is 0 Å². The number of aromatic nitrogens is 2. The fourth-order valence-electron chi connectivity index (χ4n) is 2.01. The van der Waals surface area contributed by atoms with Crippen LogP contribution in [0.15, 0.2) is 18.2 Å². The van der Waals surface area contributed by atoms with E-state index in [1.54, 1.807) is 0 Å². The summed E-state index contributed by atoms with van der Waals surface area (Å²) in [6.07, 6.45) is 0. The van der Waals surface area contributed by atoms with Gasteiger partial charge in [0.1, 0.15) is 17.1 Å². The van der Waals surface area contributed by atoms with Crippen LogP contribution in [0.2, 0.25) is 0 Å². The van der Waals surface area contributed by atoms with Crippen molar-refractivity contribution < 1.29 is 19.2 Å². The number of carboxylic acid groups (broad SMARTS) is 1. The molecule has 0 aliphatic rings. The Morgan fingerprint density at radius 1 is 1.45 bits per heavy atom. The lowest BCUT2D eigenvalue weighted by atomic mass is 10.2. The molecule has 0 saturated heterocycles. The van der Waals surface area contributed by atoms with Gasteiger partial charge in [0.05, 0.1) is 22.4 Å². The number of aromatic carboxylic acids is 1. The summed E-state index contributed by atoms with van der Waals surface area (Å²) in [5.41, 5.74) is -0.0148. The summed E-state index contributed by atoms with van der Waals surface area (Å²) in [6, 6.07) is 3.02. The predicted octanol–water partition coefficient (Wildman–Crippen LogP) is 2.23. The van der Waals surface area contributed by atoms with E-state index in [0.717, 1.165) is 16.8 Å². The van der Waals surface area contributed by atoms with Gasteiger partial charge in [0.25, 0.3) is 5.69 Å². The third-order valence-corrected chi connectivity index (χ3v) is 2.87. The first kappa shape index (κ1) is 13.7. The van der Waals surface area contributed by atoms with Gasteiger partial charge >= 0.3 is 5.97 Å². The largest absolute Gasteiger partial charge is 0.478 e. The third kappa shape index (κ3) is 2.11. The van der Waals surface area contributed by atoms with E-state index in [2.05, 4.69) is 5.10 Å². The summed E-state index contributed by atoms with van der Waals surface area (Å²) in [4.78, 5) is 21.3. The summed E-state index contributed by atoms with van der Waals surface area (Å²) in [6.45, 7) is 2.97. The van der Waals surface area contributed by atoms with Crippen molar-refractivity contribution in [3.05, 3.63) is 51.1 Å². The van der Waals surface area contributed by atoms with Crippen molar-refractivity contribution in [3.8, 4) is 5.69 Å². The lowest BCUT2D eigenvalue weighted by molar-refractivity contribution is -0.384. The van der Waals surface area contributed by atoms with Gasteiger partial charge in [-0.3, -0.25) is 10.1 Å². The van der Waals surface area contributed by atoms with Gasteiger partial charge in [0.15, 0.2) is 0 Å². The molecule has 1 heterocycles. The molecule has 0 spiro atoms. The van der Waals surface area contributed by atoms with E-state index < -0.39 is 22.4 Å². The van der Waals surface area contributed by atoms with Crippen LogP contribution in [0.3, 0.4) is 0 Å². The van der Waals surface area contributed by atoms with Gasteiger partial charge in [-0.05, 0) is 26.0 Å². The molecule has 0 atom stereocenters. The molecule has 0 bridgehead atoms. The minimum absolute atomic E-state index is 0.0181. The van der Waals surface area contributed by atoms with Crippen LogP contribution in [0.25, 0.3) is 5.69 Å². The van der Waals surface area contributed by atoms with E-state index >= 15 is 0 Å². The highest BCUT2D eigenvalue weighted by molar-refractivity contribution is 5.90. The molecule has 20 heavy (non-hydrogen) atoms. The van der Waals surface area contributed by atoms with E-state index in [0.29, 0.717) is 0 Å². The number of benzene rings is 1. The molecule has 0 saturated carbocycles. The molecule has 0 fully saturated rings. The Balaban J connectivity index is 2.73. The maximum absolute atomic E-state index is 13.1. The lowest BCUT2D eigenvalue weighted by Gasteiger charge is -2.05. The van der Waals surface area contributed by atoms with E-state index in [9.17, 15) is 19.3 Å². The molecule has 0 amide bonds. The van der Waals surface area contributed by atoms with Gasteiger partial charge < -0.3 is 5.11 Å². The second kappa shape index (κ2) is 4.72. The first-order valence-electron chi connectivity index (χ1n) is 5.56. The van der Waals surface area contributed by atoms with Crippen LogP contribution in [-0.4, -0.2) is 25.8 Å². The van der Waals surface area contributed by atoms with Gasteiger partial charge in [-0.25, -0.2) is 13.9 Å². The average molecular weight is 279 g/mol. The van der Waals surface area contributed by atoms with Crippen LogP contribution in [-0.2, 0) is 0 Å². The normalized spacial score (nSPS) is 10.6. The zero-order valence-corrected chi connectivity index (χ0v) is 10.6. The average Bonchev–Trinajstić information content (AvgIpc) is 2.64. The minimum Gasteiger partial charge on any atom is -0.478 e. The van der Waals surface area contributed by atoms with Crippen molar-refractivity contribution in [1.29, 1.82) is 0 Å². The topological polar surface area (TPSA) is 98.3 Å². The molecule has 2 rings (SSSR count). The summed E-state index contributed by atoms with van der Waals surface area (Å²) in [7, 11) is 0. The highest BCUT2D eigenvalue weighted by Crippen LogP contribution is 2.26. The molecule has 0 unspecified atom stereocenters. The number of nitrogens with zero attached hydrogens (tertiary/aromatic N) is 3. The number of hydrogen-bond donors (Lipinski definition) is 1. The number of nitro groups is 1. The number of carboxylic acids is 1. The van der Waals surface area contributed by atoms with Gasteiger partial charge in [0, 0.05) is 0 Å². The maximum Gasteiger partial charge on any atom is 0.339 e. The van der Waals surface area contributed by atoms with Crippen LogP contribution < -0.4 is 0 Å². The lowest BCUT2D eigenvalue weighted by Crippen LogP contribution is -2.05. The number of carbonyl (C=O) groups is 1. The maximum atomic E-state index is 13.1. The van der Waals surface area contributed by atoms with Crippen LogP contribution in [0.5, 0.6) is 0 Å². The summed E-state index contributed by atoms with van der Waals surface area (Å²) < 4.78 is 14.2. The van der Waals surface area contributed by atoms with Crippen molar-refractivity contribution in [3.63, 3.8) is 0 Å². The number of aryl methyl sites for hydroxylation is 1. The Kier molecular flexibility index (Phi) is 3.23. The van der Waals surface area contributed by atoms with Crippen molar-refractivity contribution in [2.45, 2.75) is 13.8 Å². The highest BCUT2D eigenvalue weighted by Gasteiger charge is 2.23. The molecule has 104 valence electrons. The Labute approximate surface area is 112 Å². The fraction of sp³-hybridized carbons (Fsp3) is 0.167. The Morgan fingerprint density at radius 2 is 2.10 bits per heavy atom. The molecule has 0 aliphatic carbocycles. The van der Waals surface area contributed by atoms with Crippen molar-refractivity contribution >= 4 is 11.7 Å². The van der Waals surface area contributed by atoms with Gasteiger partial charge in [-0.2, -0.15) is 5.10 Å². The molecule has 0 aliphatic heterocycles. The molecule has 1 N–H and O–H groups in total. The Hall–Kier alpha value is -2.77. The van der Waals surface area contributed by atoms with E-state index in [1.807, 2.05) is 0 Å². The second-order valence-electron chi connectivity index (χ2n) is 4.15. The minimum atomic E-state index is -1.17. The summed E-state index contributed by atoms with van der Waals surface area (Å²) in [5.74, 6) is -1.92. The standard InChI is InChI=1S/C12H10FN3O4/c1-6-11(12(17)18)7(2)15(14-6)9-4-3-8(13)5-10(9)16(19)20/h3-5H,1-2H3,(H,17,18). The summed E-state index contributed by atoms with van der Waals surface area (Å²) >= 11 is 0. The fourth-order valence-corrected chi connectivity index (χ4v) is 2.01. The number of halogens is 1. The second-order valence-corrected chi connectivity index (χ2v) is 4.15. The third-order valence-electron chi connectivity index (χ3n) is 2.87. The highest BCUT2D eigenvalue weighted by atomic mass is 19.1. The Morgan fingerprint density at radius 3 is 2.60 bits per heavy atom. The molecule has 8 heteroatoms. The first-order valence-corrected chi connectivity index (χ1v) is 5.56. The van der Waals surface area contributed by atoms with Crippen molar-refractivity contribution in [1.82, 2.24) is 9.78 Å². The number of nitro benzene ring substituents is 1.